The molecular formula is C27H26Cl2FN5O4. The van der Waals surface area contributed by atoms with E-state index in [1.807, 2.05) is 9.80 Å². The van der Waals surface area contributed by atoms with Gasteiger partial charge in [0.2, 0.25) is 11.7 Å². The number of anilines is 1. The molecule has 2 aliphatic rings. The van der Waals surface area contributed by atoms with Crippen molar-refractivity contribution in [2.24, 2.45) is 0 Å². The van der Waals surface area contributed by atoms with Crippen LogP contribution in [0, 0.1) is 5.82 Å². The van der Waals surface area contributed by atoms with Gasteiger partial charge in [0.05, 0.1) is 39.9 Å². The Hall–Kier alpha value is -3.47. The molecule has 0 spiro atoms. The SMILES string of the molecule is CC(=O)NCC1C/C(=C/c2ccc(N3CCN(CC(=O)c4nc5cc(Cl)c(Cl)cc5[nH]4)CC3)c(F)c2)C(=O)O1. The second-order valence-corrected chi connectivity index (χ2v) is 10.4. The van der Waals surface area contributed by atoms with Gasteiger partial charge in [0.25, 0.3) is 0 Å². The van der Waals surface area contributed by atoms with Crippen LogP contribution in [0.5, 0.6) is 0 Å². The van der Waals surface area contributed by atoms with Gasteiger partial charge in [-0.15, -0.1) is 0 Å². The van der Waals surface area contributed by atoms with E-state index in [0.29, 0.717) is 70.5 Å². The van der Waals surface area contributed by atoms with E-state index >= 15 is 4.39 Å². The Labute approximate surface area is 233 Å². The molecule has 39 heavy (non-hydrogen) atoms. The standard InChI is InChI=1S/C27H26Cl2FN5O4/c1-15(36)31-13-18-10-17(27(38)39-18)8-16-2-3-24(21(30)9-16)35-6-4-34(5-7-35)14-25(37)26-32-22-11-19(28)20(29)12-23(22)33-26/h2-3,8-9,11-12,18H,4-7,10,13-14H2,1H3,(H,31,36)(H,32,33)/b17-8-. The minimum atomic E-state index is -0.462. The molecular weight excluding hydrogens is 548 g/mol. The number of imidazole rings is 1. The van der Waals surface area contributed by atoms with E-state index in [1.54, 1.807) is 30.3 Å². The molecule has 0 saturated carbocycles. The molecule has 204 valence electrons. The summed E-state index contributed by atoms with van der Waals surface area (Å²) in [5.74, 6) is -0.962. The average Bonchev–Trinajstić information content (AvgIpc) is 3.46. The lowest BCUT2D eigenvalue weighted by Gasteiger charge is -2.35. The summed E-state index contributed by atoms with van der Waals surface area (Å²) in [5, 5.41) is 3.39. The normalized spacial score (nSPS) is 19.1. The number of H-pyrrole nitrogens is 1. The summed E-state index contributed by atoms with van der Waals surface area (Å²) in [6, 6.07) is 8.11. The Morgan fingerprint density at radius 2 is 1.92 bits per heavy atom. The molecule has 1 aromatic heterocycles. The van der Waals surface area contributed by atoms with Crippen molar-refractivity contribution >= 4 is 63.7 Å². The molecule has 0 aliphatic carbocycles. The van der Waals surface area contributed by atoms with Gasteiger partial charge in [-0.25, -0.2) is 14.2 Å². The quantitative estimate of drug-likeness (QED) is 0.251. The number of piperazine rings is 1. The number of carbonyl (C=O) groups excluding carboxylic acids is 3. The van der Waals surface area contributed by atoms with Crippen molar-refractivity contribution in [3.8, 4) is 0 Å². The van der Waals surface area contributed by atoms with Gasteiger partial charge < -0.3 is 19.9 Å². The minimum Gasteiger partial charge on any atom is -0.457 e. The topological polar surface area (TPSA) is 108 Å². The van der Waals surface area contributed by atoms with Crippen LogP contribution in [0.1, 0.15) is 29.5 Å². The summed E-state index contributed by atoms with van der Waals surface area (Å²) in [6.45, 7) is 4.08. The van der Waals surface area contributed by atoms with Crippen LogP contribution in [0.3, 0.4) is 0 Å². The van der Waals surface area contributed by atoms with E-state index in [-0.39, 0.29) is 30.6 Å². The molecule has 2 fully saturated rings. The number of nitrogens with zero attached hydrogens (tertiary/aromatic N) is 3. The summed E-state index contributed by atoms with van der Waals surface area (Å²) >= 11 is 12.1. The number of aromatic nitrogens is 2. The van der Waals surface area contributed by atoms with Crippen LogP contribution in [0.4, 0.5) is 10.1 Å². The average molecular weight is 574 g/mol. The number of nitrogens with one attached hydrogen (secondary N) is 2. The van der Waals surface area contributed by atoms with Gasteiger partial charge in [-0.3, -0.25) is 14.5 Å². The zero-order valence-corrected chi connectivity index (χ0v) is 22.6. The number of hydrogen-bond donors (Lipinski definition) is 2. The number of ketones is 1. The van der Waals surface area contributed by atoms with Crippen LogP contribution < -0.4 is 10.2 Å². The van der Waals surface area contributed by atoms with Crippen LogP contribution in [0.2, 0.25) is 10.0 Å². The first-order valence-corrected chi connectivity index (χ1v) is 13.2. The fraction of sp³-hybridized carbons (Fsp3) is 0.333. The van der Waals surface area contributed by atoms with Crippen molar-refractivity contribution < 1.29 is 23.5 Å². The molecule has 3 heterocycles. The molecule has 0 radical (unpaired) electrons. The fourth-order valence-electron chi connectivity index (χ4n) is 4.72. The van der Waals surface area contributed by atoms with Gasteiger partial charge in [-0.2, -0.15) is 0 Å². The summed E-state index contributed by atoms with van der Waals surface area (Å²) in [7, 11) is 0. The summed E-state index contributed by atoms with van der Waals surface area (Å²) in [6.07, 6.45) is 1.54. The maximum atomic E-state index is 15.0. The van der Waals surface area contributed by atoms with Crippen molar-refractivity contribution in [3.05, 3.63) is 63.2 Å². The predicted octanol–water partition coefficient (Wildman–Crippen LogP) is 3.85. The lowest BCUT2D eigenvalue weighted by Crippen LogP contribution is -2.48. The Bertz CT molecular complexity index is 1440. The summed E-state index contributed by atoms with van der Waals surface area (Å²) < 4.78 is 20.3. The van der Waals surface area contributed by atoms with Crippen LogP contribution >= 0.6 is 23.2 Å². The van der Waals surface area contributed by atoms with E-state index < -0.39 is 17.9 Å². The van der Waals surface area contributed by atoms with Crippen LogP contribution in [-0.2, 0) is 14.3 Å². The van der Waals surface area contributed by atoms with Crippen molar-refractivity contribution in [1.29, 1.82) is 0 Å². The van der Waals surface area contributed by atoms with Gasteiger partial charge in [0.1, 0.15) is 11.9 Å². The number of carbonyl (C=O) groups is 3. The second-order valence-electron chi connectivity index (χ2n) is 9.60. The fourth-order valence-corrected chi connectivity index (χ4v) is 5.04. The van der Waals surface area contributed by atoms with Gasteiger partial charge in [0, 0.05) is 45.1 Å². The first kappa shape index (κ1) is 27.1. The van der Waals surface area contributed by atoms with E-state index in [9.17, 15) is 14.4 Å². The molecule has 1 atom stereocenters. The summed E-state index contributed by atoms with van der Waals surface area (Å²) in [5.41, 5.74) is 2.67. The minimum absolute atomic E-state index is 0.153. The number of amides is 1. The van der Waals surface area contributed by atoms with Gasteiger partial charge in [-0.1, -0.05) is 29.3 Å². The lowest BCUT2D eigenvalue weighted by molar-refractivity contribution is -0.139. The number of fused-ring (bicyclic) bond motifs is 1. The van der Waals surface area contributed by atoms with Crippen molar-refractivity contribution in [1.82, 2.24) is 20.2 Å². The highest BCUT2D eigenvalue weighted by atomic mass is 35.5. The lowest BCUT2D eigenvalue weighted by atomic mass is 10.1. The van der Waals surface area contributed by atoms with Gasteiger partial charge >= 0.3 is 5.97 Å². The van der Waals surface area contributed by atoms with E-state index in [4.69, 9.17) is 27.9 Å². The number of halogens is 3. The Morgan fingerprint density at radius 1 is 1.18 bits per heavy atom. The number of hydrogen-bond acceptors (Lipinski definition) is 7. The number of Topliss-reactive ketones (excluding diaryl/α,β-unsaturated/α-hetero) is 1. The van der Waals surface area contributed by atoms with E-state index in [0.717, 1.165) is 0 Å². The Balaban J connectivity index is 1.17. The van der Waals surface area contributed by atoms with Crippen LogP contribution in [-0.4, -0.2) is 77.9 Å². The first-order valence-electron chi connectivity index (χ1n) is 12.5. The first-order chi connectivity index (χ1) is 18.7. The molecule has 9 nitrogen and oxygen atoms in total. The molecule has 12 heteroatoms. The third kappa shape index (κ3) is 6.24. The van der Waals surface area contributed by atoms with Crippen molar-refractivity contribution in [3.63, 3.8) is 0 Å². The number of esters is 1. The third-order valence-corrected chi connectivity index (χ3v) is 7.47. The molecule has 0 bridgehead atoms. The summed E-state index contributed by atoms with van der Waals surface area (Å²) in [4.78, 5) is 47.3. The molecule has 2 saturated heterocycles. The largest absolute Gasteiger partial charge is 0.457 e. The molecule has 2 aromatic carbocycles. The smallest absolute Gasteiger partial charge is 0.334 e. The zero-order valence-electron chi connectivity index (χ0n) is 21.1. The Morgan fingerprint density at radius 3 is 2.64 bits per heavy atom. The molecule has 1 amide bonds. The highest BCUT2D eigenvalue weighted by Crippen LogP contribution is 2.28. The Kier molecular flexibility index (Phi) is 7.88. The highest BCUT2D eigenvalue weighted by Gasteiger charge is 2.29. The number of benzene rings is 2. The molecule has 1 unspecified atom stereocenters. The van der Waals surface area contributed by atoms with Crippen LogP contribution in [0.15, 0.2) is 35.9 Å². The molecule has 3 aromatic rings. The number of aromatic amines is 1. The number of rotatable bonds is 7. The van der Waals surface area contributed by atoms with Crippen LogP contribution in [0.25, 0.3) is 17.1 Å². The molecule has 2 N–H and O–H groups in total. The monoisotopic (exact) mass is 573 g/mol. The van der Waals surface area contributed by atoms with Crippen molar-refractivity contribution in [2.75, 3.05) is 44.2 Å². The number of ether oxygens (including phenoxy) is 1. The van der Waals surface area contributed by atoms with Gasteiger partial charge in [-0.05, 0) is 35.9 Å². The number of cyclic esters (lactones) is 1. The van der Waals surface area contributed by atoms with E-state index in [2.05, 4.69) is 15.3 Å². The third-order valence-electron chi connectivity index (χ3n) is 6.74. The second kappa shape index (κ2) is 11.3. The highest BCUT2D eigenvalue weighted by molar-refractivity contribution is 6.42. The predicted molar refractivity (Wildman–Crippen MR) is 147 cm³/mol. The maximum absolute atomic E-state index is 15.0. The molecule has 2 aliphatic heterocycles. The van der Waals surface area contributed by atoms with E-state index in [1.165, 1.54) is 13.0 Å². The zero-order chi connectivity index (χ0) is 27.7. The van der Waals surface area contributed by atoms with Crippen molar-refractivity contribution in [2.45, 2.75) is 19.4 Å². The maximum Gasteiger partial charge on any atom is 0.334 e. The molecule has 5 rings (SSSR count). The van der Waals surface area contributed by atoms with Gasteiger partial charge in [0.15, 0.2) is 5.82 Å².